The summed E-state index contributed by atoms with van der Waals surface area (Å²) in [6.45, 7) is 2.23. The monoisotopic (exact) mass is 477 g/mol. The Labute approximate surface area is 203 Å². The van der Waals surface area contributed by atoms with E-state index in [0.717, 1.165) is 44.2 Å². The fourth-order valence-corrected chi connectivity index (χ4v) is 4.98. The summed E-state index contributed by atoms with van der Waals surface area (Å²) in [5, 5.41) is 8.78. The molecule has 0 saturated heterocycles. The number of carbonyl (C=O) groups excluding carboxylic acids is 1. The molecule has 1 saturated carbocycles. The first-order valence-corrected chi connectivity index (χ1v) is 11.8. The van der Waals surface area contributed by atoms with Crippen LogP contribution in [0.4, 0.5) is 13.2 Å². The van der Waals surface area contributed by atoms with Crippen molar-refractivity contribution in [1.29, 1.82) is 5.26 Å². The van der Waals surface area contributed by atoms with E-state index in [9.17, 15) is 18.0 Å². The van der Waals surface area contributed by atoms with Gasteiger partial charge in [-0.2, -0.15) is 5.26 Å². The minimum absolute atomic E-state index is 0.0278. The second-order valence-electron chi connectivity index (χ2n) is 9.27. The summed E-state index contributed by atoms with van der Waals surface area (Å²) < 4.78 is 48.3. The van der Waals surface area contributed by atoms with Gasteiger partial charge in [-0.25, -0.2) is 18.0 Å². The first-order chi connectivity index (χ1) is 16.9. The Balaban J connectivity index is 1.39. The number of esters is 1. The van der Waals surface area contributed by atoms with Gasteiger partial charge >= 0.3 is 5.97 Å². The number of hydrogen-bond donors (Lipinski definition) is 0. The Hall–Kier alpha value is -3.59. The topological polar surface area (TPSA) is 50.1 Å². The van der Waals surface area contributed by atoms with Gasteiger partial charge < -0.3 is 4.74 Å². The van der Waals surface area contributed by atoms with E-state index in [-0.39, 0.29) is 17.2 Å². The highest BCUT2D eigenvalue weighted by molar-refractivity contribution is 5.91. The molecule has 1 fully saturated rings. The largest absolute Gasteiger partial charge is 0.423 e. The summed E-state index contributed by atoms with van der Waals surface area (Å²) in [4.78, 5) is 12.4. The van der Waals surface area contributed by atoms with Crippen LogP contribution in [0.5, 0.6) is 5.75 Å². The number of rotatable bonds is 6. The molecule has 3 aromatic carbocycles. The van der Waals surface area contributed by atoms with Gasteiger partial charge in [-0.1, -0.05) is 37.3 Å². The average molecular weight is 478 g/mol. The Bertz CT molecular complexity index is 1220. The molecule has 0 amide bonds. The van der Waals surface area contributed by atoms with Crippen molar-refractivity contribution < 1.29 is 22.7 Å². The van der Waals surface area contributed by atoms with Gasteiger partial charge in [0.2, 0.25) is 0 Å². The summed E-state index contributed by atoms with van der Waals surface area (Å²) in [7, 11) is 0. The minimum Gasteiger partial charge on any atom is -0.423 e. The molecular formula is C29H26F3NO2. The van der Waals surface area contributed by atoms with E-state index in [0.29, 0.717) is 17.4 Å². The molecule has 180 valence electrons. The summed E-state index contributed by atoms with van der Waals surface area (Å²) in [6, 6.07) is 17.6. The van der Waals surface area contributed by atoms with Crippen molar-refractivity contribution in [3.8, 4) is 11.8 Å². The van der Waals surface area contributed by atoms with Crippen molar-refractivity contribution >= 4 is 5.97 Å². The zero-order chi connectivity index (χ0) is 24.9. The Morgan fingerprint density at radius 3 is 2.23 bits per heavy atom. The number of nitriles is 1. The number of hydrogen-bond acceptors (Lipinski definition) is 3. The van der Waals surface area contributed by atoms with Gasteiger partial charge in [-0.3, -0.25) is 0 Å². The van der Waals surface area contributed by atoms with E-state index in [1.165, 1.54) is 23.8 Å². The molecule has 3 nitrogen and oxygen atoms in total. The standard InChI is InChI=1S/C29H26F3NO2/c1-18(20-5-3-2-4-6-20)13-19-7-9-21(10-8-19)23-14-26(31)28(27(32)15-23)29(34)35-24-12-11-22(17-33)25(30)16-24/h2-6,11-12,14-16,18-19,21H,7-10,13H2,1H3. The van der Waals surface area contributed by atoms with Crippen LogP contribution in [0.1, 0.15) is 77.9 Å². The highest BCUT2D eigenvalue weighted by Crippen LogP contribution is 2.40. The predicted octanol–water partition coefficient (Wildman–Crippen LogP) is 7.66. The summed E-state index contributed by atoms with van der Waals surface area (Å²) >= 11 is 0. The van der Waals surface area contributed by atoms with Crippen LogP contribution in [0.3, 0.4) is 0 Å². The molecule has 0 bridgehead atoms. The number of nitrogens with zero attached hydrogens (tertiary/aromatic N) is 1. The number of halogens is 3. The van der Waals surface area contributed by atoms with Crippen LogP contribution in [-0.2, 0) is 0 Å². The lowest BCUT2D eigenvalue weighted by molar-refractivity contribution is 0.0724. The quantitative estimate of drug-likeness (QED) is 0.270. The molecule has 0 N–H and O–H groups in total. The van der Waals surface area contributed by atoms with E-state index in [4.69, 9.17) is 10.00 Å². The van der Waals surface area contributed by atoms with Crippen molar-refractivity contribution in [3.63, 3.8) is 0 Å². The van der Waals surface area contributed by atoms with Gasteiger partial charge in [0.05, 0.1) is 5.56 Å². The molecule has 1 unspecified atom stereocenters. The van der Waals surface area contributed by atoms with Crippen molar-refractivity contribution in [1.82, 2.24) is 0 Å². The molecule has 0 aliphatic heterocycles. The zero-order valence-electron chi connectivity index (χ0n) is 19.4. The van der Waals surface area contributed by atoms with Crippen LogP contribution in [0.15, 0.2) is 60.7 Å². The van der Waals surface area contributed by atoms with Crippen LogP contribution in [0.2, 0.25) is 0 Å². The van der Waals surface area contributed by atoms with Gasteiger partial charge in [0.1, 0.15) is 34.8 Å². The lowest BCUT2D eigenvalue weighted by Crippen LogP contribution is -2.17. The van der Waals surface area contributed by atoms with E-state index in [1.807, 2.05) is 18.2 Å². The molecule has 1 aliphatic rings. The third-order valence-corrected chi connectivity index (χ3v) is 6.91. The van der Waals surface area contributed by atoms with Crippen molar-refractivity contribution in [2.24, 2.45) is 5.92 Å². The smallest absolute Gasteiger partial charge is 0.349 e. The van der Waals surface area contributed by atoms with Crippen LogP contribution < -0.4 is 4.74 Å². The van der Waals surface area contributed by atoms with E-state index in [1.54, 1.807) is 6.07 Å². The predicted molar refractivity (Wildman–Crippen MR) is 127 cm³/mol. The van der Waals surface area contributed by atoms with Gasteiger partial charge in [0.15, 0.2) is 0 Å². The summed E-state index contributed by atoms with van der Waals surface area (Å²) in [5.41, 5.74) is 0.820. The number of carbonyl (C=O) groups is 1. The lowest BCUT2D eigenvalue weighted by atomic mass is 9.75. The van der Waals surface area contributed by atoms with Gasteiger partial charge in [0, 0.05) is 6.07 Å². The molecule has 35 heavy (non-hydrogen) atoms. The SMILES string of the molecule is CC(CC1CCC(c2cc(F)c(C(=O)Oc3ccc(C#N)c(F)c3)c(F)c2)CC1)c1ccccc1. The van der Waals surface area contributed by atoms with Gasteiger partial charge in [-0.15, -0.1) is 0 Å². The van der Waals surface area contributed by atoms with E-state index in [2.05, 4.69) is 19.1 Å². The fraction of sp³-hybridized carbons (Fsp3) is 0.310. The Morgan fingerprint density at radius 1 is 0.971 bits per heavy atom. The lowest BCUT2D eigenvalue weighted by Gasteiger charge is -2.30. The normalized spacial score (nSPS) is 18.5. The molecule has 4 rings (SSSR count). The van der Waals surface area contributed by atoms with Gasteiger partial charge in [0.25, 0.3) is 0 Å². The molecule has 1 atom stereocenters. The van der Waals surface area contributed by atoms with E-state index < -0.39 is 29.0 Å². The number of ether oxygens (including phenoxy) is 1. The maximum atomic E-state index is 14.8. The maximum absolute atomic E-state index is 14.8. The maximum Gasteiger partial charge on any atom is 0.349 e. The van der Waals surface area contributed by atoms with Crippen LogP contribution in [0.25, 0.3) is 0 Å². The van der Waals surface area contributed by atoms with Crippen LogP contribution in [-0.4, -0.2) is 5.97 Å². The van der Waals surface area contributed by atoms with Crippen molar-refractivity contribution in [2.75, 3.05) is 0 Å². The highest BCUT2D eigenvalue weighted by Gasteiger charge is 2.27. The first kappa shape index (κ1) is 24.5. The molecule has 1 aliphatic carbocycles. The zero-order valence-corrected chi connectivity index (χ0v) is 19.4. The number of benzene rings is 3. The third-order valence-electron chi connectivity index (χ3n) is 6.91. The van der Waals surface area contributed by atoms with Gasteiger partial charge in [-0.05, 0) is 85.3 Å². The Morgan fingerprint density at radius 2 is 1.63 bits per heavy atom. The fourth-order valence-electron chi connectivity index (χ4n) is 4.98. The minimum atomic E-state index is -1.26. The molecule has 0 heterocycles. The molecule has 0 aromatic heterocycles. The van der Waals surface area contributed by atoms with Crippen LogP contribution >= 0.6 is 0 Å². The van der Waals surface area contributed by atoms with E-state index >= 15 is 0 Å². The second-order valence-corrected chi connectivity index (χ2v) is 9.27. The Kier molecular flexibility index (Phi) is 7.55. The highest BCUT2D eigenvalue weighted by atomic mass is 19.1. The third kappa shape index (κ3) is 5.74. The van der Waals surface area contributed by atoms with Crippen LogP contribution in [0, 0.1) is 34.7 Å². The molecule has 6 heteroatoms. The van der Waals surface area contributed by atoms with Crippen molar-refractivity contribution in [2.45, 2.75) is 50.9 Å². The molecular weight excluding hydrogens is 451 g/mol. The summed E-state index contributed by atoms with van der Waals surface area (Å²) in [6.07, 6.45) is 4.72. The molecule has 0 spiro atoms. The second kappa shape index (κ2) is 10.8. The summed E-state index contributed by atoms with van der Waals surface area (Å²) in [5.74, 6) is -3.33. The van der Waals surface area contributed by atoms with Crippen molar-refractivity contribution in [3.05, 3.63) is 100 Å². The molecule has 3 aromatic rings. The first-order valence-electron chi connectivity index (χ1n) is 11.8. The average Bonchev–Trinajstić information content (AvgIpc) is 2.84. The molecule has 0 radical (unpaired) electrons.